The maximum atomic E-state index is 11.8. The maximum Gasteiger partial charge on any atom is 0.253 e. The number of aliphatic hydroxyl groups is 1. The van der Waals surface area contributed by atoms with Crippen LogP contribution in [0.25, 0.3) is 0 Å². The minimum atomic E-state index is -1.14. The van der Waals surface area contributed by atoms with Crippen LogP contribution in [-0.2, 0) is 4.79 Å². The molecule has 0 aliphatic rings. The smallest absolute Gasteiger partial charge is 0.253 e. The average molecular weight is 287 g/mol. The minimum Gasteiger partial charge on any atom is -0.378 e. The molecule has 1 aromatic rings. The predicted molar refractivity (Wildman–Crippen MR) is 79.2 cm³/mol. The molecule has 19 heavy (non-hydrogen) atoms. The van der Waals surface area contributed by atoms with Crippen molar-refractivity contribution in [1.82, 2.24) is 5.32 Å². The highest BCUT2D eigenvalue weighted by atomic mass is 35.5. The number of carbonyl (C=O) groups excluding carboxylic acids is 1. The second-order valence-electron chi connectivity index (χ2n) is 4.60. The molecule has 108 valence electrons. The molecule has 1 amide bonds. The lowest BCUT2D eigenvalue weighted by Gasteiger charge is -2.27. The van der Waals surface area contributed by atoms with Crippen molar-refractivity contribution in [3.05, 3.63) is 35.9 Å². The van der Waals surface area contributed by atoms with Crippen LogP contribution in [0, 0.1) is 0 Å². The van der Waals surface area contributed by atoms with Gasteiger partial charge >= 0.3 is 0 Å². The molecule has 0 aromatic heterocycles. The lowest BCUT2D eigenvalue weighted by atomic mass is 9.94. The van der Waals surface area contributed by atoms with Gasteiger partial charge in [0, 0.05) is 12.1 Å². The molecule has 0 aliphatic carbocycles. The second kappa shape index (κ2) is 8.15. The van der Waals surface area contributed by atoms with Gasteiger partial charge in [-0.3, -0.25) is 4.79 Å². The van der Waals surface area contributed by atoms with Gasteiger partial charge in [-0.15, -0.1) is 12.4 Å². The summed E-state index contributed by atoms with van der Waals surface area (Å²) in [7, 11) is 0. The van der Waals surface area contributed by atoms with Crippen molar-refractivity contribution < 1.29 is 9.90 Å². The van der Waals surface area contributed by atoms with Crippen LogP contribution in [0.1, 0.15) is 38.4 Å². The molecule has 1 atom stereocenters. The molecule has 4 nitrogen and oxygen atoms in total. The molecule has 0 aliphatic heterocycles. The Morgan fingerprint density at radius 1 is 1.32 bits per heavy atom. The largest absolute Gasteiger partial charge is 0.378 e. The first-order chi connectivity index (χ1) is 8.52. The zero-order valence-corrected chi connectivity index (χ0v) is 12.2. The van der Waals surface area contributed by atoms with Gasteiger partial charge < -0.3 is 16.2 Å². The van der Waals surface area contributed by atoms with Crippen LogP contribution >= 0.6 is 12.4 Å². The molecule has 1 unspecified atom stereocenters. The Hall–Kier alpha value is -1.10. The summed E-state index contributed by atoms with van der Waals surface area (Å²) < 4.78 is 0. The van der Waals surface area contributed by atoms with E-state index in [9.17, 15) is 9.90 Å². The Kier molecular flexibility index (Phi) is 7.68. The summed E-state index contributed by atoms with van der Waals surface area (Å²) >= 11 is 0. The van der Waals surface area contributed by atoms with E-state index in [4.69, 9.17) is 5.73 Å². The maximum absolute atomic E-state index is 11.8. The fourth-order valence-electron chi connectivity index (χ4n) is 1.65. The molecule has 5 heteroatoms. The van der Waals surface area contributed by atoms with Crippen LogP contribution in [0.15, 0.2) is 30.3 Å². The van der Waals surface area contributed by atoms with E-state index in [-0.39, 0.29) is 12.4 Å². The van der Waals surface area contributed by atoms with E-state index >= 15 is 0 Å². The van der Waals surface area contributed by atoms with Gasteiger partial charge in [-0.2, -0.15) is 0 Å². The standard InChI is InChI=1S/C14H22N2O2.ClH/c1-3-14(15,4-2)10-16-13(18)12(17)11-8-6-5-7-9-11;/h5-9,12,17H,3-4,10,15H2,1-2H3,(H,16,18);1H. The van der Waals surface area contributed by atoms with E-state index < -0.39 is 17.6 Å². The van der Waals surface area contributed by atoms with Crippen LogP contribution in [0.5, 0.6) is 0 Å². The molecule has 0 radical (unpaired) electrons. The van der Waals surface area contributed by atoms with Crippen LogP contribution in [0.2, 0.25) is 0 Å². The van der Waals surface area contributed by atoms with E-state index in [0.717, 1.165) is 12.8 Å². The lowest BCUT2D eigenvalue weighted by molar-refractivity contribution is -0.129. The SMILES string of the molecule is CCC(N)(CC)CNC(=O)C(O)c1ccccc1.Cl. The van der Waals surface area contributed by atoms with Crippen molar-refractivity contribution >= 4 is 18.3 Å². The van der Waals surface area contributed by atoms with Gasteiger partial charge in [0.15, 0.2) is 6.10 Å². The van der Waals surface area contributed by atoms with E-state index in [1.54, 1.807) is 24.3 Å². The number of nitrogens with two attached hydrogens (primary N) is 1. The van der Waals surface area contributed by atoms with Gasteiger partial charge in [0.05, 0.1) is 0 Å². The molecule has 0 heterocycles. The van der Waals surface area contributed by atoms with Gasteiger partial charge in [-0.25, -0.2) is 0 Å². The Balaban J connectivity index is 0.00000324. The Morgan fingerprint density at radius 3 is 2.32 bits per heavy atom. The molecule has 0 bridgehead atoms. The average Bonchev–Trinajstić information content (AvgIpc) is 2.44. The summed E-state index contributed by atoms with van der Waals surface area (Å²) in [5, 5.41) is 12.6. The topological polar surface area (TPSA) is 75.3 Å². The predicted octanol–water partition coefficient (Wildman–Crippen LogP) is 1.78. The Bertz CT molecular complexity index is 380. The van der Waals surface area contributed by atoms with Crippen molar-refractivity contribution in [1.29, 1.82) is 0 Å². The zero-order valence-electron chi connectivity index (χ0n) is 11.4. The van der Waals surface area contributed by atoms with Crippen molar-refractivity contribution in [2.45, 2.75) is 38.3 Å². The minimum absolute atomic E-state index is 0. The molecule has 0 spiro atoms. The number of hydrogen-bond acceptors (Lipinski definition) is 3. The molecule has 4 N–H and O–H groups in total. The highest BCUT2D eigenvalue weighted by Gasteiger charge is 2.23. The molecular weight excluding hydrogens is 264 g/mol. The Morgan fingerprint density at radius 2 is 1.84 bits per heavy atom. The molecule has 0 saturated heterocycles. The van der Waals surface area contributed by atoms with Crippen LogP contribution in [-0.4, -0.2) is 23.1 Å². The monoisotopic (exact) mass is 286 g/mol. The molecule has 1 aromatic carbocycles. The second-order valence-corrected chi connectivity index (χ2v) is 4.60. The Labute approximate surface area is 120 Å². The summed E-state index contributed by atoms with van der Waals surface area (Å²) in [6.07, 6.45) is 0.431. The van der Waals surface area contributed by atoms with Gasteiger partial charge in [0.25, 0.3) is 5.91 Å². The summed E-state index contributed by atoms with van der Waals surface area (Å²) in [5.74, 6) is -0.405. The van der Waals surface area contributed by atoms with Crippen molar-refractivity contribution in [2.75, 3.05) is 6.54 Å². The number of rotatable bonds is 6. The molecule has 1 rings (SSSR count). The van der Waals surface area contributed by atoms with Gasteiger partial charge in [-0.1, -0.05) is 44.2 Å². The number of nitrogens with one attached hydrogen (secondary N) is 1. The third-order valence-electron chi connectivity index (χ3n) is 3.39. The first kappa shape index (κ1) is 17.9. The summed E-state index contributed by atoms with van der Waals surface area (Å²) in [6, 6.07) is 8.86. The van der Waals surface area contributed by atoms with Crippen LogP contribution in [0.4, 0.5) is 0 Å². The van der Waals surface area contributed by atoms with E-state index in [2.05, 4.69) is 5.32 Å². The fraction of sp³-hybridized carbons (Fsp3) is 0.500. The quantitative estimate of drug-likeness (QED) is 0.746. The van der Waals surface area contributed by atoms with Crippen LogP contribution < -0.4 is 11.1 Å². The first-order valence-corrected chi connectivity index (χ1v) is 6.32. The number of hydrogen-bond donors (Lipinski definition) is 3. The van der Waals surface area contributed by atoms with Crippen LogP contribution in [0.3, 0.4) is 0 Å². The summed E-state index contributed by atoms with van der Waals surface area (Å²) in [6.45, 7) is 4.36. The van der Waals surface area contributed by atoms with Gasteiger partial charge in [0.2, 0.25) is 0 Å². The van der Waals surface area contributed by atoms with E-state index in [1.165, 1.54) is 0 Å². The zero-order chi connectivity index (χ0) is 13.6. The van der Waals surface area contributed by atoms with E-state index in [0.29, 0.717) is 12.1 Å². The van der Waals surface area contributed by atoms with Crippen molar-refractivity contribution in [3.8, 4) is 0 Å². The molecule has 0 fully saturated rings. The number of amides is 1. The van der Waals surface area contributed by atoms with Gasteiger partial charge in [-0.05, 0) is 18.4 Å². The first-order valence-electron chi connectivity index (χ1n) is 6.32. The lowest BCUT2D eigenvalue weighted by Crippen LogP contribution is -2.50. The van der Waals surface area contributed by atoms with Crippen molar-refractivity contribution in [3.63, 3.8) is 0 Å². The molecule has 0 saturated carbocycles. The highest BCUT2D eigenvalue weighted by Crippen LogP contribution is 2.13. The highest BCUT2D eigenvalue weighted by molar-refractivity contribution is 5.85. The number of benzene rings is 1. The van der Waals surface area contributed by atoms with E-state index in [1.807, 2.05) is 19.9 Å². The normalized spacial score (nSPS) is 12.4. The number of aliphatic hydroxyl groups excluding tert-OH is 1. The fourth-order valence-corrected chi connectivity index (χ4v) is 1.65. The number of halogens is 1. The molecular formula is C14H23ClN2O2. The van der Waals surface area contributed by atoms with Gasteiger partial charge in [0.1, 0.15) is 0 Å². The third-order valence-corrected chi connectivity index (χ3v) is 3.39. The summed E-state index contributed by atoms with van der Waals surface area (Å²) in [4.78, 5) is 11.8. The number of carbonyl (C=O) groups is 1. The van der Waals surface area contributed by atoms with Crippen molar-refractivity contribution in [2.24, 2.45) is 5.73 Å². The third kappa shape index (κ3) is 5.19. The summed E-state index contributed by atoms with van der Waals surface area (Å²) in [5.41, 5.74) is 6.28.